The average Bonchev–Trinajstić information content (AvgIpc) is 2.70. The highest BCUT2D eigenvalue weighted by Gasteiger charge is 2.08. The molecule has 0 aliphatic carbocycles. The lowest BCUT2D eigenvalue weighted by Crippen LogP contribution is -2.11. The Morgan fingerprint density at radius 1 is 1.47 bits per heavy atom. The molecule has 2 aromatic rings. The van der Waals surface area contributed by atoms with Gasteiger partial charge in [0.15, 0.2) is 5.76 Å². The van der Waals surface area contributed by atoms with E-state index in [-0.39, 0.29) is 5.84 Å². The number of oxime groups is 1. The van der Waals surface area contributed by atoms with Gasteiger partial charge in [0.05, 0.1) is 7.11 Å². The zero-order valence-corrected chi connectivity index (χ0v) is 8.10. The first-order valence-electron chi connectivity index (χ1n) is 4.30. The summed E-state index contributed by atoms with van der Waals surface area (Å²) in [6, 6.07) is 7.09. The third-order valence-corrected chi connectivity index (χ3v) is 2.09. The summed E-state index contributed by atoms with van der Waals surface area (Å²) in [5.41, 5.74) is 6.04. The summed E-state index contributed by atoms with van der Waals surface area (Å²) >= 11 is 0. The van der Waals surface area contributed by atoms with Gasteiger partial charge in [0.2, 0.25) is 5.84 Å². The van der Waals surface area contributed by atoms with Gasteiger partial charge in [-0.2, -0.15) is 0 Å². The van der Waals surface area contributed by atoms with E-state index in [1.165, 1.54) is 0 Å². The number of methoxy groups -OCH3 is 1. The number of nitrogens with two attached hydrogens (primary N) is 1. The third-order valence-electron chi connectivity index (χ3n) is 2.09. The molecular formula is C10H10N2O3. The second-order valence-corrected chi connectivity index (χ2v) is 3.00. The highest BCUT2D eigenvalue weighted by atomic mass is 16.5. The first kappa shape index (κ1) is 9.39. The van der Waals surface area contributed by atoms with Crippen molar-refractivity contribution in [1.82, 2.24) is 0 Å². The standard InChI is InChI=1S/C10H10N2O3/c1-14-7-3-2-6-4-9(10(11)12-13)15-8(6)5-7/h2-5,13H,1H3,(H2,11,12). The predicted molar refractivity (Wildman–Crippen MR) is 55.3 cm³/mol. The van der Waals surface area contributed by atoms with Crippen molar-refractivity contribution in [2.24, 2.45) is 10.9 Å². The van der Waals surface area contributed by atoms with Crippen LogP contribution in [0.25, 0.3) is 11.0 Å². The molecular weight excluding hydrogens is 196 g/mol. The summed E-state index contributed by atoms with van der Waals surface area (Å²) < 4.78 is 10.4. The van der Waals surface area contributed by atoms with Gasteiger partial charge in [-0.15, -0.1) is 0 Å². The van der Waals surface area contributed by atoms with Crippen LogP contribution in [0.4, 0.5) is 0 Å². The van der Waals surface area contributed by atoms with E-state index in [4.69, 9.17) is 20.1 Å². The van der Waals surface area contributed by atoms with E-state index in [2.05, 4.69) is 5.16 Å². The van der Waals surface area contributed by atoms with Crippen LogP contribution >= 0.6 is 0 Å². The van der Waals surface area contributed by atoms with E-state index in [9.17, 15) is 0 Å². The van der Waals surface area contributed by atoms with Crippen molar-refractivity contribution in [2.75, 3.05) is 7.11 Å². The molecule has 1 heterocycles. The molecule has 1 aromatic heterocycles. The Bertz CT molecular complexity index is 516. The van der Waals surface area contributed by atoms with Crippen molar-refractivity contribution in [2.45, 2.75) is 0 Å². The molecule has 0 aliphatic rings. The smallest absolute Gasteiger partial charge is 0.205 e. The Labute approximate surface area is 85.7 Å². The highest BCUT2D eigenvalue weighted by molar-refractivity contribution is 5.98. The van der Waals surface area contributed by atoms with Gasteiger partial charge in [-0.05, 0) is 18.2 Å². The lowest BCUT2D eigenvalue weighted by atomic mass is 10.2. The minimum Gasteiger partial charge on any atom is -0.497 e. The van der Waals surface area contributed by atoms with Crippen LogP contribution < -0.4 is 10.5 Å². The number of rotatable bonds is 2. The molecule has 1 aromatic carbocycles. The maximum absolute atomic E-state index is 8.49. The van der Waals surface area contributed by atoms with Gasteiger partial charge in [-0.3, -0.25) is 0 Å². The summed E-state index contributed by atoms with van der Waals surface area (Å²) in [6.07, 6.45) is 0. The molecule has 0 saturated heterocycles. The van der Waals surface area contributed by atoms with Crippen LogP contribution in [0.3, 0.4) is 0 Å². The molecule has 0 aliphatic heterocycles. The molecule has 0 radical (unpaired) electrons. The minimum atomic E-state index is -0.0508. The fourth-order valence-electron chi connectivity index (χ4n) is 1.31. The van der Waals surface area contributed by atoms with Crippen molar-refractivity contribution in [1.29, 1.82) is 0 Å². The second-order valence-electron chi connectivity index (χ2n) is 3.00. The Balaban J connectivity index is 2.56. The fraction of sp³-hybridized carbons (Fsp3) is 0.100. The molecule has 0 saturated carbocycles. The van der Waals surface area contributed by atoms with Gasteiger partial charge in [0, 0.05) is 11.5 Å². The zero-order valence-electron chi connectivity index (χ0n) is 8.10. The fourth-order valence-corrected chi connectivity index (χ4v) is 1.31. The monoisotopic (exact) mass is 206 g/mol. The van der Waals surface area contributed by atoms with Gasteiger partial charge < -0.3 is 20.1 Å². The number of amidine groups is 1. The van der Waals surface area contributed by atoms with E-state index in [1.54, 1.807) is 19.2 Å². The van der Waals surface area contributed by atoms with Crippen molar-refractivity contribution in [3.8, 4) is 5.75 Å². The van der Waals surface area contributed by atoms with Crippen LogP contribution in [0.5, 0.6) is 5.75 Å². The number of nitrogens with zero attached hydrogens (tertiary/aromatic N) is 1. The van der Waals surface area contributed by atoms with Gasteiger partial charge in [-0.1, -0.05) is 5.16 Å². The molecule has 0 unspecified atom stereocenters. The van der Waals surface area contributed by atoms with E-state index in [0.717, 1.165) is 5.39 Å². The molecule has 0 fully saturated rings. The molecule has 0 spiro atoms. The van der Waals surface area contributed by atoms with Crippen LogP contribution in [0.15, 0.2) is 33.8 Å². The molecule has 0 atom stereocenters. The Hall–Kier alpha value is -2.17. The Morgan fingerprint density at radius 2 is 2.27 bits per heavy atom. The van der Waals surface area contributed by atoms with E-state index >= 15 is 0 Å². The number of ether oxygens (including phenoxy) is 1. The van der Waals surface area contributed by atoms with Crippen molar-refractivity contribution in [3.63, 3.8) is 0 Å². The molecule has 5 heteroatoms. The summed E-state index contributed by atoms with van der Waals surface area (Å²) in [7, 11) is 1.58. The molecule has 15 heavy (non-hydrogen) atoms. The summed E-state index contributed by atoms with van der Waals surface area (Å²) in [5, 5.41) is 12.2. The maximum atomic E-state index is 8.49. The normalized spacial score (nSPS) is 11.9. The summed E-state index contributed by atoms with van der Waals surface area (Å²) in [6.45, 7) is 0. The van der Waals surface area contributed by atoms with Crippen molar-refractivity contribution >= 4 is 16.8 Å². The first-order chi connectivity index (χ1) is 7.24. The van der Waals surface area contributed by atoms with Crippen LogP contribution in [0.2, 0.25) is 0 Å². The largest absolute Gasteiger partial charge is 0.497 e. The Kier molecular flexibility index (Phi) is 2.21. The summed E-state index contributed by atoms with van der Waals surface area (Å²) in [5.74, 6) is 0.980. The van der Waals surface area contributed by atoms with Crippen LogP contribution in [0.1, 0.15) is 5.76 Å². The van der Waals surface area contributed by atoms with Crippen LogP contribution in [0, 0.1) is 0 Å². The number of hydrogen-bond acceptors (Lipinski definition) is 4. The van der Waals surface area contributed by atoms with Crippen LogP contribution in [-0.4, -0.2) is 18.2 Å². The lowest BCUT2D eigenvalue weighted by molar-refractivity contribution is 0.317. The van der Waals surface area contributed by atoms with Crippen molar-refractivity contribution in [3.05, 3.63) is 30.0 Å². The van der Waals surface area contributed by atoms with Gasteiger partial charge in [-0.25, -0.2) is 0 Å². The van der Waals surface area contributed by atoms with E-state index in [1.807, 2.05) is 12.1 Å². The molecule has 5 nitrogen and oxygen atoms in total. The minimum absolute atomic E-state index is 0.0508. The predicted octanol–water partition coefficient (Wildman–Crippen LogP) is 1.54. The molecule has 0 bridgehead atoms. The third kappa shape index (κ3) is 1.59. The molecule has 0 amide bonds. The van der Waals surface area contributed by atoms with Gasteiger partial charge in [0.1, 0.15) is 11.3 Å². The van der Waals surface area contributed by atoms with E-state index < -0.39 is 0 Å². The quantitative estimate of drug-likeness (QED) is 0.338. The van der Waals surface area contributed by atoms with Gasteiger partial charge in [0.25, 0.3) is 0 Å². The van der Waals surface area contributed by atoms with Crippen LogP contribution in [-0.2, 0) is 0 Å². The lowest BCUT2D eigenvalue weighted by Gasteiger charge is -1.96. The number of benzene rings is 1. The second kappa shape index (κ2) is 3.53. The molecule has 78 valence electrons. The Morgan fingerprint density at radius 3 is 2.93 bits per heavy atom. The van der Waals surface area contributed by atoms with Gasteiger partial charge >= 0.3 is 0 Å². The SMILES string of the molecule is COc1ccc2cc(C(N)=NO)oc2c1. The summed E-state index contributed by atoms with van der Waals surface area (Å²) in [4.78, 5) is 0. The van der Waals surface area contributed by atoms with E-state index in [0.29, 0.717) is 17.1 Å². The van der Waals surface area contributed by atoms with Crippen molar-refractivity contribution < 1.29 is 14.4 Å². The topological polar surface area (TPSA) is 81.0 Å². The number of furan rings is 1. The molecule has 3 N–H and O–H groups in total. The number of fused-ring (bicyclic) bond motifs is 1. The highest BCUT2D eigenvalue weighted by Crippen LogP contribution is 2.23. The number of hydrogen-bond donors (Lipinski definition) is 2. The zero-order chi connectivity index (χ0) is 10.8. The maximum Gasteiger partial charge on any atom is 0.205 e. The molecule has 2 rings (SSSR count). The first-order valence-corrected chi connectivity index (χ1v) is 4.30. The average molecular weight is 206 g/mol.